The zero-order valence-electron chi connectivity index (χ0n) is 13.0. The number of carbonyl (C=O) groups is 1. The van der Waals surface area contributed by atoms with Crippen LogP contribution in [0.4, 0.5) is 9.18 Å². The topological polar surface area (TPSA) is 72.0 Å². The molecule has 1 atom stereocenters. The summed E-state index contributed by atoms with van der Waals surface area (Å²) in [5.74, 6) is 0.399. The molecule has 0 aromatic heterocycles. The molecule has 6 nitrogen and oxygen atoms in total. The molecule has 2 aliphatic rings. The van der Waals surface area contributed by atoms with Crippen molar-refractivity contribution in [3.63, 3.8) is 0 Å². The Kier molecular flexibility index (Phi) is 4.64. The number of carbonyl (C=O) groups excluding carboxylic acids is 1. The Morgan fingerprint density at radius 3 is 2.87 bits per heavy atom. The predicted octanol–water partition coefficient (Wildman–Crippen LogP) is 2.04. The first-order valence-electron chi connectivity index (χ1n) is 7.74. The summed E-state index contributed by atoms with van der Waals surface area (Å²) < 4.78 is 18.6. The Labute approximate surface area is 134 Å². The molecule has 0 radical (unpaired) electrons. The zero-order chi connectivity index (χ0) is 16.2. The maximum Gasteiger partial charge on any atom is 0.314 e. The Bertz CT molecular complexity index is 617. The molecule has 0 saturated heterocycles. The van der Waals surface area contributed by atoms with Gasteiger partial charge in [-0.15, -0.1) is 0 Å². The van der Waals surface area contributed by atoms with E-state index in [2.05, 4.69) is 15.8 Å². The van der Waals surface area contributed by atoms with Gasteiger partial charge in [0.25, 0.3) is 0 Å². The van der Waals surface area contributed by atoms with Crippen LogP contribution in [0.5, 0.6) is 5.75 Å². The number of rotatable bonds is 6. The average Bonchev–Trinajstić information content (AvgIpc) is 3.27. The third-order valence-electron chi connectivity index (χ3n) is 3.96. The molecule has 1 aliphatic carbocycles. The number of oxime groups is 1. The first kappa shape index (κ1) is 15.6. The van der Waals surface area contributed by atoms with Gasteiger partial charge in [-0.25, -0.2) is 9.18 Å². The van der Waals surface area contributed by atoms with E-state index in [-0.39, 0.29) is 17.9 Å². The lowest BCUT2D eigenvalue weighted by atomic mass is 10.0. The Balaban J connectivity index is 1.45. The molecule has 2 N–H and O–H groups in total. The van der Waals surface area contributed by atoms with Gasteiger partial charge in [-0.05, 0) is 37.0 Å². The lowest BCUT2D eigenvalue weighted by Crippen LogP contribution is -2.40. The summed E-state index contributed by atoms with van der Waals surface area (Å²) in [6.07, 6.45) is 2.68. The van der Waals surface area contributed by atoms with Gasteiger partial charge < -0.3 is 20.2 Å². The fraction of sp³-hybridized carbons (Fsp3) is 0.500. The van der Waals surface area contributed by atoms with Crippen molar-refractivity contribution in [1.29, 1.82) is 0 Å². The fourth-order valence-electron chi connectivity index (χ4n) is 2.38. The van der Waals surface area contributed by atoms with Gasteiger partial charge >= 0.3 is 6.03 Å². The summed E-state index contributed by atoms with van der Waals surface area (Å²) in [4.78, 5) is 16.9. The van der Waals surface area contributed by atoms with E-state index in [1.165, 1.54) is 26.0 Å². The van der Waals surface area contributed by atoms with E-state index < -0.39 is 5.82 Å². The third kappa shape index (κ3) is 4.12. The van der Waals surface area contributed by atoms with E-state index in [1.54, 1.807) is 12.1 Å². The second kappa shape index (κ2) is 6.85. The molecule has 0 bridgehead atoms. The lowest BCUT2D eigenvalue weighted by Gasteiger charge is -2.10. The van der Waals surface area contributed by atoms with E-state index in [1.807, 2.05) is 0 Å². The SMILES string of the molecule is COc1ccc(C2=NO[C@@H](CNC(=O)NCC3CC3)C2)cc1F. The number of hydrogen-bond acceptors (Lipinski definition) is 4. The quantitative estimate of drug-likeness (QED) is 0.842. The van der Waals surface area contributed by atoms with Crippen LogP contribution in [0.2, 0.25) is 0 Å². The van der Waals surface area contributed by atoms with Crippen LogP contribution in [0.25, 0.3) is 0 Å². The van der Waals surface area contributed by atoms with Crippen LogP contribution in [-0.2, 0) is 4.84 Å². The van der Waals surface area contributed by atoms with Crippen LogP contribution in [-0.4, -0.2) is 38.0 Å². The minimum absolute atomic E-state index is 0.190. The van der Waals surface area contributed by atoms with Crippen molar-refractivity contribution in [2.75, 3.05) is 20.2 Å². The number of halogens is 1. The van der Waals surface area contributed by atoms with Gasteiger partial charge in [0.15, 0.2) is 17.7 Å². The molecule has 1 fully saturated rings. The smallest absolute Gasteiger partial charge is 0.314 e. The van der Waals surface area contributed by atoms with Crippen molar-refractivity contribution < 1.29 is 18.8 Å². The van der Waals surface area contributed by atoms with Gasteiger partial charge in [-0.1, -0.05) is 5.16 Å². The number of methoxy groups -OCH3 is 1. The fourth-order valence-corrected chi connectivity index (χ4v) is 2.38. The molecule has 1 aromatic carbocycles. The van der Waals surface area contributed by atoms with Gasteiger partial charge in [0.2, 0.25) is 0 Å². The molecule has 23 heavy (non-hydrogen) atoms. The van der Waals surface area contributed by atoms with Gasteiger partial charge in [0, 0.05) is 18.5 Å². The lowest BCUT2D eigenvalue weighted by molar-refractivity contribution is 0.0865. The molecule has 3 rings (SSSR count). The number of urea groups is 1. The molecule has 1 aromatic rings. The third-order valence-corrected chi connectivity index (χ3v) is 3.96. The van der Waals surface area contributed by atoms with Gasteiger partial charge in [0.1, 0.15) is 0 Å². The molecule has 0 spiro atoms. The number of nitrogens with one attached hydrogen (secondary N) is 2. The van der Waals surface area contributed by atoms with E-state index in [9.17, 15) is 9.18 Å². The first-order chi connectivity index (χ1) is 11.2. The number of amides is 2. The second-order valence-electron chi connectivity index (χ2n) is 5.85. The molecule has 7 heteroatoms. The largest absolute Gasteiger partial charge is 0.494 e. The zero-order valence-corrected chi connectivity index (χ0v) is 13.0. The number of nitrogens with zero attached hydrogens (tertiary/aromatic N) is 1. The minimum Gasteiger partial charge on any atom is -0.494 e. The van der Waals surface area contributed by atoms with Crippen LogP contribution >= 0.6 is 0 Å². The van der Waals surface area contributed by atoms with Crippen molar-refractivity contribution in [3.05, 3.63) is 29.6 Å². The Morgan fingerprint density at radius 2 is 2.17 bits per heavy atom. The maximum absolute atomic E-state index is 13.7. The van der Waals surface area contributed by atoms with E-state index in [0.29, 0.717) is 30.2 Å². The molecule has 1 heterocycles. The van der Waals surface area contributed by atoms with Crippen molar-refractivity contribution >= 4 is 11.7 Å². The predicted molar refractivity (Wildman–Crippen MR) is 83.1 cm³/mol. The van der Waals surface area contributed by atoms with Crippen LogP contribution in [0, 0.1) is 11.7 Å². The standard InChI is InChI=1S/C16H20FN3O3/c1-22-15-5-4-11(6-13(15)17)14-7-12(23-20-14)9-19-16(21)18-8-10-2-3-10/h4-6,10,12H,2-3,7-9H2,1H3,(H2,18,19,21)/t12-/m1/s1. The molecular formula is C16H20FN3O3. The van der Waals surface area contributed by atoms with Crippen molar-refractivity contribution in [2.24, 2.45) is 11.1 Å². The highest BCUT2D eigenvalue weighted by molar-refractivity contribution is 6.01. The Hall–Kier alpha value is -2.31. The summed E-state index contributed by atoms with van der Waals surface area (Å²) in [6, 6.07) is 4.48. The van der Waals surface area contributed by atoms with Crippen LogP contribution in [0.3, 0.4) is 0 Å². The summed E-state index contributed by atoms with van der Waals surface area (Å²) in [6.45, 7) is 1.09. The Morgan fingerprint density at radius 1 is 1.39 bits per heavy atom. The molecule has 0 unspecified atom stereocenters. The monoisotopic (exact) mass is 321 g/mol. The highest BCUT2D eigenvalue weighted by Crippen LogP contribution is 2.27. The minimum atomic E-state index is -0.436. The summed E-state index contributed by atoms with van der Waals surface area (Å²) in [7, 11) is 1.42. The van der Waals surface area contributed by atoms with Crippen molar-refractivity contribution in [3.8, 4) is 5.75 Å². The first-order valence-corrected chi connectivity index (χ1v) is 7.74. The van der Waals surface area contributed by atoms with E-state index in [0.717, 1.165) is 6.54 Å². The summed E-state index contributed by atoms with van der Waals surface area (Å²) in [5.41, 5.74) is 1.32. The summed E-state index contributed by atoms with van der Waals surface area (Å²) >= 11 is 0. The molecule has 2 amide bonds. The average molecular weight is 321 g/mol. The molecule has 124 valence electrons. The van der Waals surface area contributed by atoms with Gasteiger partial charge in [-0.2, -0.15) is 0 Å². The van der Waals surface area contributed by atoms with Gasteiger partial charge in [0.05, 0.1) is 19.4 Å². The van der Waals surface area contributed by atoms with Crippen LogP contribution < -0.4 is 15.4 Å². The number of ether oxygens (including phenoxy) is 1. The van der Waals surface area contributed by atoms with Crippen molar-refractivity contribution in [2.45, 2.75) is 25.4 Å². The van der Waals surface area contributed by atoms with Crippen LogP contribution in [0.15, 0.2) is 23.4 Å². The van der Waals surface area contributed by atoms with Crippen molar-refractivity contribution in [1.82, 2.24) is 10.6 Å². The van der Waals surface area contributed by atoms with Gasteiger partial charge in [-0.3, -0.25) is 0 Å². The number of benzene rings is 1. The van der Waals surface area contributed by atoms with E-state index >= 15 is 0 Å². The summed E-state index contributed by atoms with van der Waals surface area (Å²) in [5, 5.41) is 9.58. The van der Waals surface area contributed by atoms with Crippen LogP contribution in [0.1, 0.15) is 24.8 Å². The molecule has 1 saturated carbocycles. The highest BCUT2D eigenvalue weighted by atomic mass is 19.1. The van der Waals surface area contributed by atoms with E-state index in [4.69, 9.17) is 9.57 Å². The maximum atomic E-state index is 13.7. The molecular weight excluding hydrogens is 301 g/mol. The number of hydrogen-bond donors (Lipinski definition) is 2. The normalized spacial score (nSPS) is 19.7. The highest BCUT2D eigenvalue weighted by Gasteiger charge is 2.24. The second-order valence-corrected chi connectivity index (χ2v) is 5.85. The molecule has 1 aliphatic heterocycles.